The normalized spacial score (nSPS) is 17.6. The second-order valence-electron chi connectivity index (χ2n) is 6.96. The summed E-state index contributed by atoms with van der Waals surface area (Å²) in [6.07, 6.45) is 10.5. The third kappa shape index (κ3) is 1.99. The first-order valence-corrected chi connectivity index (χ1v) is 8.75. The molecule has 1 saturated carbocycles. The summed E-state index contributed by atoms with van der Waals surface area (Å²) in [7, 11) is 0. The summed E-state index contributed by atoms with van der Waals surface area (Å²) < 4.78 is 1.88. The van der Waals surface area contributed by atoms with Gasteiger partial charge in [-0.3, -0.25) is 9.48 Å². The molecule has 0 radical (unpaired) electrons. The molecule has 0 amide bonds. The van der Waals surface area contributed by atoms with E-state index in [0.29, 0.717) is 23.6 Å². The molecule has 1 N–H and O–H groups in total. The van der Waals surface area contributed by atoms with E-state index in [-0.39, 0.29) is 11.8 Å². The maximum absolute atomic E-state index is 12.9. The number of H-pyrrole nitrogens is 1. The van der Waals surface area contributed by atoms with Gasteiger partial charge in [0.2, 0.25) is 5.78 Å². The molecule has 124 valence electrons. The van der Waals surface area contributed by atoms with E-state index in [1.54, 1.807) is 12.4 Å². The third-order valence-corrected chi connectivity index (χ3v) is 5.64. The highest BCUT2D eigenvalue weighted by Gasteiger charge is 2.33. The molecule has 1 unspecified atom stereocenters. The molecule has 1 atom stereocenters. The molecule has 0 saturated heterocycles. The van der Waals surface area contributed by atoms with Crippen molar-refractivity contribution in [2.75, 3.05) is 0 Å². The molecule has 2 aliphatic rings. The van der Waals surface area contributed by atoms with Crippen molar-refractivity contribution in [1.82, 2.24) is 19.7 Å². The predicted molar refractivity (Wildman–Crippen MR) is 92.0 cm³/mol. The van der Waals surface area contributed by atoms with Gasteiger partial charge in [0, 0.05) is 29.5 Å². The second-order valence-corrected chi connectivity index (χ2v) is 6.96. The largest absolute Gasteiger partial charge is 0.345 e. The van der Waals surface area contributed by atoms with E-state index in [1.807, 2.05) is 16.9 Å². The standard InChI is InChI=1S/C19H17N5O/c20-7-5-15(11-3-1-2-4-11)24-10-14-12-6-8-21-19-16(12)13(9-22-19)18(25)17(14)23-24/h6,8-11,15H,1-5H2,(H,21,22). The Hall–Kier alpha value is -2.94. The van der Waals surface area contributed by atoms with E-state index in [2.05, 4.69) is 21.1 Å². The molecule has 5 rings (SSSR count). The summed E-state index contributed by atoms with van der Waals surface area (Å²) in [5.74, 6) is 0.399. The van der Waals surface area contributed by atoms with Gasteiger partial charge in [-0.2, -0.15) is 10.4 Å². The third-order valence-electron chi connectivity index (χ3n) is 5.64. The Morgan fingerprint density at radius 1 is 1.32 bits per heavy atom. The first-order chi connectivity index (χ1) is 12.3. The summed E-state index contributed by atoms with van der Waals surface area (Å²) >= 11 is 0. The van der Waals surface area contributed by atoms with Gasteiger partial charge in [-0.05, 0) is 30.4 Å². The van der Waals surface area contributed by atoms with Gasteiger partial charge in [-0.15, -0.1) is 0 Å². The number of pyridine rings is 1. The van der Waals surface area contributed by atoms with Crippen LogP contribution in [0.25, 0.3) is 22.2 Å². The van der Waals surface area contributed by atoms with Crippen LogP contribution < -0.4 is 0 Å². The van der Waals surface area contributed by atoms with Crippen LogP contribution in [-0.4, -0.2) is 25.5 Å². The van der Waals surface area contributed by atoms with E-state index in [9.17, 15) is 10.1 Å². The van der Waals surface area contributed by atoms with Crippen LogP contribution in [0, 0.1) is 17.2 Å². The van der Waals surface area contributed by atoms with Crippen molar-refractivity contribution in [2.24, 2.45) is 5.92 Å². The van der Waals surface area contributed by atoms with Crippen LogP contribution in [0.15, 0.2) is 24.7 Å². The molecule has 3 heterocycles. The summed E-state index contributed by atoms with van der Waals surface area (Å²) in [4.78, 5) is 20.3. The number of fused-ring (bicyclic) bond motifs is 2. The van der Waals surface area contributed by atoms with Crippen molar-refractivity contribution in [3.63, 3.8) is 0 Å². The maximum atomic E-state index is 12.9. The number of ketones is 1. The summed E-state index contributed by atoms with van der Waals surface area (Å²) in [6, 6.07) is 4.29. The van der Waals surface area contributed by atoms with E-state index >= 15 is 0 Å². The number of rotatable bonds is 3. The van der Waals surface area contributed by atoms with Gasteiger partial charge in [0.25, 0.3) is 0 Å². The lowest BCUT2D eigenvalue weighted by molar-refractivity contribution is 0.103. The van der Waals surface area contributed by atoms with Crippen LogP contribution in [0.5, 0.6) is 0 Å². The predicted octanol–water partition coefficient (Wildman–Crippen LogP) is 3.62. The Labute approximate surface area is 144 Å². The Morgan fingerprint density at radius 3 is 2.96 bits per heavy atom. The Balaban J connectivity index is 1.67. The van der Waals surface area contributed by atoms with Crippen LogP contribution in [0.3, 0.4) is 0 Å². The Bertz CT molecular complexity index is 1030. The summed E-state index contributed by atoms with van der Waals surface area (Å²) in [5, 5.41) is 14.8. The molecular formula is C19H17N5O. The number of nitriles is 1. The number of nitrogens with zero attached hydrogens (tertiary/aromatic N) is 4. The fourth-order valence-corrected chi connectivity index (χ4v) is 4.43. The summed E-state index contributed by atoms with van der Waals surface area (Å²) in [5.41, 5.74) is 3.69. The number of hydrogen-bond donors (Lipinski definition) is 1. The van der Waals surface area contributed by atoms with Gasteiger partial charge < -0.3 is 4.98 Å². The van der Waals surface area contributed by atoms with Crippen LogP contribution in [-0.2, 0) is 0 Å². The maximum Gasteiger partial charge on any atom is 0.216 e. The number of nitrogens with one attached hydrogen (secondary N) is 1. The minimum atomic E-state index is -0.0670. The fraction of sp³-hybridized carbons (Fsp3) is 0.368. The number of aromatic nitrogens is 4. The molecule has 2 aliphatic carbocycles. The smallest absolute Gasteiger partial charge is 0.216 e. The van der Waals surface area contributed by atoms with Crippen molar-refractivity contribution in [2.45, 2.75) is 38.1 Å². The molecule has 0 aromatic carbocycles. The van der Waals surface area contributed by atoms with Crippen LogP contribution in [0.2, 0.25) is 0 Å². The molecule has 3 aromatic heterocycles. The topological polar surface area (TPSA) is 87.4 Å². The van der Waals surface area contributed by atoms with Crippen molar-refractivity contribution < 1.29 is 4.79 Å². The minimum absolute atomic E-state index is 0.0455. The van der Waals surface area contributed by atoms with Gasteiger partial charge >= 0.3 is 0 Å². The summed E-state index contributed by atoms with van der Waals surface area (Å²) in [6.45, 7) is 0. The Morgan fingerprint density at radius 2 is 2.16 bits per heavy atom. The fourth-order valence-electron chi connectivity index (χ4n) is 4.43. The molecule has 0 aliphatic heterocycles. The van der Waals surface area contributed by atoms with Gasteiger partial charge in [-0.25, -0.2) is 4.98 Å². The molecule has 6 heteroatoms. The second kappa shape index (κ2) is 5.28. The quantitative estimate of drug-likeness (QED) is 0.621. The highest BCUT2D eigenvalue weighted by molar-refractivity contribution is 6.24. The van der Waals surface area contributed by atoms with Gasteiger partial charge in [0.1, 0.15) is 11.3 Å². The average molecular weight is 331 g/mol. The van der Waals surface area contributed by atoms with Crippen LogP contribution in [0.4, 0.5) is 0 Å². The molecule has 0 spiro atoms. The highest BCUT2D eigenvalue weighted by atomic mass is 16.1. The number of carbonyl (C=O) groups is 1. The van der Waals surface area contributed by atoms with Crippen molar-refractivity contribution in [3.05, 3.63) is 35.9 Å². The zero-order valence-electron chi connectivity index (χ0n) is 13.7. The molecule has 6 nitrogen and oxygen atoms in total. The Kier molecular flexibility index (Phi) is 3.04. The monoisotopic (exact) mass is 331 g/mol. The van der Waals surface area contributed by atoms with Crippen molar-refractivity contribution in [1.29, 1.82) is 5.26 Å². The number of carbonyl (C=O) groups excluding carboxylic acids is 1. The lowest BCUT2D eigenvalue weighted by atomic mass is 9.92. The van der Waals surface area contributed by atoms with E-state index in [4.69, 9.17) is 0 Å². The number of hydrogen-bond acceptors (Lipinski definition) is 4. The SMILES string of the molecule is N#CCC(C1CCCC1)n1cc2c(n1)C(=O)c1c[nH]c3nccc-2c13. The first-order valence-electron chi connectivity index (χ1n) is 8.75. The van der Waals surface area contributed by atoms with Gasteiger partial charge in [0.05, 0.1) is 24.1 Å². The van der Waals surface area contributed by atoms with E-state index in [0.717, 1.165) is 35.0 Å². The van der Waals surface area contributed by atoms with Crippen LogP contribution in [0.1, 0.15) is 54.2 Å². The molecule has 0 bridgehead atoms. The number of aromatic amines is 1. The average Bonchev–Trinajstić information content (AvgIpc) is 3.37. The zero-order chi connectivity index (χ0) is 17.0. The molecule has 3 aromatic rings. The van der Waals surface area contributed by atoms with Gasteiger partial charge in [0.15, 0.2) is 0 Å². The minimum Gasteiger partial charge on any atom is -0.345 e. The van der Waals surface area contributed by atoms with Crippen molar-refractivity contribution in [3.8, 4) is 17.2 Å². The van der Waals surface area contributed by atoms with E-state index in [1.165, 1.54) is 12.8 Å². The van der Waals surface area contributed by atoms with Gasteiger partial charge in [-0.1, -0.05) is 12.8 Å². The molecular weight excluding hydrogens is 314 g/mol. The lowest BCUT2D eigenvalue weighted by Gasteiger charge is -2.21. The van der Waals surface area contributed by atoms with E-state index < -0.39 is 0 Å². The zero-order valence-corrected chi connectivity index (χ0v) is 13.7. The highest BCUT2D eigenvalue weighted by Crippen LogP contribution is 2.41. The van der Waals surface area contributed by atoms with Crippen molar-refractivity contribution >= 4 is 16.8 Å². The van der Waals surface area contributed by atoms with Crippen LogP contribution >= 0.6 is 0 Å². The first kappa shape index (κ1) is 14.4. The molecule has 1 fully saturated rings. The molecule has 25 heavy (non-hydrogen) atoms. The lowest BCUT2D eigenvalue weighted by Crippen LogP contribution is -2.18.